The number of thiophene rings is 1. The monoisotopic (exact) mass is 343 g/mol. The topological polar surface area (TPSA) is 91.0 Å². The van der Waals surface area contributed by atoms with Crippen LogP contribution in [-0.2, 0) is 24.8 Å². The molecule has 0 saturated carbocycles. The zero-order chi connectivity index (χ0) is 17.4. The molecule has 0 bridgehead atoms. The van der Waals surface area contributed by atoms with E-state index in [0.29, 0.717) is 35.8 Å². The maximum absolute atomic E-state index is 12.5. The highest BCUT2D eigenvalue weighted by molar-refractivity contribution is 7.16. The number of hydrogen-bond donors (Lipinski definition) is 1. The molecule has 1 aliphatic heterocycles. The van der Waals surface area contributed by atoms with Crippen LogP contribution in [0.3, 0.4) is 0 Å². The second-order valence-electron chi connectivity index (χ2n) is 5.76. The number of carbonyl (C=O) groups is 2. The number of amides is 2. The van der Waals surface area contributed by atoms with Gasteiger partial charge < -0.3 is 10.2 Å². The summed E-state index contributed by atoms with van der Waals surface area (Å²) in [6, 6.07) is 2.20. The molecule has 0 unspecified atom stereocenters. The average Bonchev–Trinajstić information content (AvgIpc) is 3.05. The molecule has 1 N–H and O–H groups in total. The van der Waals surface area contributed by atoms with Crippen LogP contribution in [0.5, 0.6) is 0 Å². The zero-order valence-corrected chi connectivity index (χ0v) is 14.5. The SMILES string of the molecule is CC(=O)N1CCc2c(sc(NC(=O)c3c(C)cnn3C)c2C#N)C1. The van der Waals surface area contributed by atoms with Gasteiger partial charge in [-0.05, 0) is 24.5 Å². The lowest BCUT2D eigenvalue weighted by molar-refractivity contribution is -0.129. The van der Waals surface area contributed by atoms with Crippen molar-refractivity contribution >= 4 is 28.2 Å². The minimum Gasteiger partial charge on any atom is -0.337 e. The van der Waals surface area contributed by atoms with E-state index < -0.39 is 0 Å². The maximum atomic E-state index is 12.5. The van der Waals surface area contributed by atoms with E-state index in [4.69, 9.17) is 0 Å². The van der Waals surface area contributed by atoms with Crippen LogP contribution in [-0.4, -0.2) is 33.0 Å². The molecular weight excluding hydrogens is 326 g/mol. The summed E-state index contributed by atoms with van der Waals surface area (Å²) < 4.78 is 1.52. The van der Waals surface area contributed by atoms with Crippen molar-refractivity contribution in [2.45, 2.75) is 26.8 Å². The predicted octanol–water partition coefficient (Wildman–Crippen LogP) is 1.82. The smallest absolute Gasteiger partial charge is 0.274 e. The number of hydrogen-bond acceptors (Lipinski definition) is 5. The van der Waals surface area contributed by atoms with E-state index in [9.17, 15) is 14.9 Å². The number of nitriles is 1. The van der Waals surface area contributed by atoms with Crippen molar-refractivity contribution in [3.63, 3.8) is 0 Å². The number of aromatic nitrogens is 2. The van der Waals surface area contributed by atoms with Crippen LogP contribution in [0.1, 0.15) is 39.0 Å². The molecule has 3 heterocycles. The predicted molar refractivity (Wildman–Crippen MR) is 89.7 cm³/mol. The lowest BCUT2D eigenvalue weighted by Crippen LogP contribution is -2.33. The highest BCUT2D eigenvalue weighted by Gasteiger charge is 2.27. The summed E-state index contributed by atoms with van der Waals surface area (Å²) in [4.78, 5) is 26.8. The van der Waals surface area contributed by atoms with Gasteiger partial charge in [-0.1, -0.05) is 0 Å². The summed E-state index contributed by atoms with van der Waals surface area (Å²) in [5.41, 5.74) is 2.69. The Labute approximate surface area is 143 Å². The highest BCUT2D eigenvalue weighted by Crippen LogP contribution is 2.36. The minimum absolute atomic E-state index is 0.0173. The molecule has 2 amide bonds. The molecule has 0 saturated heterocycles. The van der Waals surface area contributed by atoms with Crippen LogP contribution < -0.4 is 5.32 Å². The number of nitrogens with zero attached hydrogens (tertiary/aromatic N) is 4. The molecule has 0 spiro atoms. The van der Waals surface area contributed by atoms with Gasteiger partial charge >= 0.3 is 0 Å². The molecule has 2 aromatic rings. The van der Waals surface area contributed by atoms with Gasteiger partial charge in [0.1, 0.15) is 16.8 Å². The van der Waals surface area contributed by atoms with Gasteiger partial charge in [0.2, 0.25) is 5.91 Å². The Morgan fingerprint density at radius 1 is 1.46 bits per heavy atom. The molecule has 124 valence electrons. The van der Waals surface area contributed by atoms with E-state index in [-0.39, 0.29) is 11.8 Å². The van der Waals surface area contributed by atoms with E-state index in [1.807, 2.05) is 6.92 Å². The summed E-state index contributed by atoms with van der Waals surface area (Å²) >= 11 is 1.37. The number of aryl methyl sites for hydroxylation is 2. The summed E-state index contributed by atoms with van der Waals surface area (Å²) in [5, 5.41) is 16.9. The van der Waals surface area contributed by atoms with E-state index in [1.165, 1.54) is 22.9 Å². The lowest BCUT2D eigenvalue weighted by Gasteiger charge is -2.25. The van der Waals surface area contributed by atoms with Gasteiger partial charge in [-0.15, -0.1) is 11.3 Å². The Balaban J connectivity index is 1.91. The third-order valence-corrected chi connectivity index (χ3v) is 5.31. The van der Waals surface area contributed by atoms with Crippen LogP contribution in [0.4, 0.5) is 5.00 Å². The number of anilines is 1. The molecule has 0 radical (unpaired) electrons. The van der Waals surface area contributed by atoms with E-state index >= 15 is 0 Å². The van der Waals surface area contributed by atoms with Crippen LogP contribution in [0.2, 0.25) is 0 Å². The summed E-state index contributed by atoms with van der Waals surface area (Å²) in [7, 11) is 1.71. The second kappa shape index (κ2) is 6.09. The molecule has 7 nitrogen and oxygen atoms in total. The number of carbonyl (C=O) groups excluding carboxylic acids is 2. The first-order valence-corrected chi connectivity index (χ1v) is 8.34. The quantitative estimate of drug-likeness (QED) is 0.900. The van der Waals surface area contributed by atoms with Crippen molar-refractivity contribution in [1.29, 1.82) is 5.26 Å². The first kappa shape index (κ1) is 16.2. The van der Waals surface area contributed by atoms with Gasteiger partial charge in [-0.3, -0.25) is 14.3 Å². The summed E-state index contributed by atoms with van der Waals surface area (Å²) in [6.45, 7) is 4.45. The molecule has 3 rings (SSSR count). The van der Waals surface area contributed by atoms with Crippen LogP contribution in [0.15, 0.2) is 6.20 Å². The second-order valence-corrected chi connectivity index (χ2v) is 6.87. The fourth-order valence-electron chi connectivity index (χ4n) is 2.91. The molecule has 24 heavy (non-hydrogen) atoms. The molecule has 0 fully saturated rings. The van der Waals surface area contributed by atoms with Gasteiger partial charge in [0.25, 0.3) is 5.91 Å². The highest BCUT2D eigenvalue weighted by atomic mass is 32.1. The van der Waals surface area contributed by atoms with Gasteiger partial charge in [0.15, 0.2) is 0 Å². The van der Waals surface area contributed by atoms with Crippen molar-refractivity contribution in [2.75, 3.05) is 11.9 Å². The number of nitrogens with one attached hydrogen (secondary N) is 1. The van der Waals surface area contributed by atoms with Crippen molar-refractivity contribution in [2.24, 2.45) is 7.05 Å². The third kappa shape index (κ3) is 2.67. The van der Waals surface area contributed by atoms with Gasteiger partial charge in [-0.25, -0.2) is 0 Å². The fraction of sp³-hybridized carbons (Fsp3) is 0.375. The third-order valence-electron chi connectivity index (χ3n) is 4.18. The standard InChI is InChI=1S/C16H17N5O2S/c1-9-7-18-20(3)14(9)15(23)19-16-12(6-17)11-4-5-21(10(2)22)8-13(11)24-16/h7H,4-5,8H2,1-3H3,(H,19,23). The average molecular weight is 343 g/mol. The Kier molecular flexibility index (Phi) is 4.11. The minimum atomic E-state index is -0.286. The molecule has 0 aromatic carbocycles. The maximum Gasteiger partial charge on any atom is 0.274 e. The number of rotatable bonds is 2. The summed E-state index contributed by atoms with van der Waals surface area (Å²) in [5.74, 6) is -0.269. The van der Waals surface area contributed by atoms with E-state index in [1.54, 1.807) is 18.1 Å². The number of fused-ring (bicyclic) bond motifs is 1. The van der Waals surface area contributed by atoms with Crippen molar-refractivity contribution < 1.29 is 9.59 Å². The van der Waals surface area contributed by atoms with Crippen LogP contribution in [0, 0.1) is 18.3 Å². The Morgan fingerprint density at radius 2 is 2.21 bits per heavy atom. The van der Waals surface area contributed by atoms with Crippen molar-refractivity contribution in [3.8, 4) is 6.07 Å². The van der Waals surface area contributed by atoms with E-state index in [0.717, 1.165) is 16.0 Å². The fourth-order valence-corrected chi connectivity index (χ4v) is 4.12. The zero-order valence-electron chi connectivity index (χ0n) is 13.7. The first-order valence-electron chi connectivity index (χ1n) is 7.52. The van der Waals surface area contributed by atoms with E-state index in [2.05, 4.69) is 16.5 Å². The molecular formula is C16H17N5O2S. The van der Waals surface area contributed by atoms with Gasteiger partial charge in [0.05, 0.1) is 18.3 Å². The normalized spacial score (nSPS) is 13.3. The van der Waals surface area contributed by atoms with Gasteiger partial charge in [-0.2, -0.15) is 10.4 Å². The molecule has 8 heteroatoms. The largest absolute Gasteiger partial charge is 0.337 e. The van der Waals surface area contributed by atoms with Crippen LogP contribution >= 0.6 is 11.3 Å². The summed E-state index contributed by atoms with van der Waals surface area (Å²) in [6.07, 6.45) is 2.26. The van der Waals surface area contributed by atoms with Gasteiger partial charge in [0, 0.05) is 25.4 Å². The molecule has 1 aliphatic rings. The Bertz CT molecular complexity index is 854. The Morgan fingerprint density at radius 3 is 2.79 bits per heavy atom. The Hall–Kier alpha value is -2.66. The lowest BCUT2D eigenvalue weighted by atomic mass is 10.0. The van der Waals surface area contributed by atoms with Crippen molar-refractivity contribution in [1.82, 2.24) is 14.7 Å². The molecule has 2 aromatic heterocycles. The molecule has 0 aliphatic carbocycles. The first-order chi connectivity index (χ1) is 11.4. The van der Waals surface area contributed by atoms with Crippen molar-refractivity contribution in [3.05, 3.63) is 33.5 Å². The molecule has 0 atom stereocenters. The van der Waals surface area contributed by atoms with Crippen LogP contribution in [0.25, 0.3) is 0 Å².